The van der Waals surface area contributed by atoms with Crippen molar-refractivity contribution in [1.29, 1.82) is 0 Å². The topological polar surface area (TPSA) is 53.7 Å². The van der Waals surface area contributed by atoms with Gasteiger partial charge in [-0.15, -0.1) is 12.4 Å². The summed E-state index contributed by atoms with van der Waals surface area (Å²) in [6.07, 6.45) is 28.7. The second-order valence-corrected chi connectivity index (χ2v) is 13.4. The van der Waals surface area contributed by atoms with Crippen molar-refractivity contribution in [3.05, 3.63) is 66.0 Å². The number of aliphatic hydroxyl groups excluding tert-OH is 1. The SMILES string of the molecule is CCCCCCCCCCCCCCCC[n+]1ccc(C)cc1.CN1[C@@H]2CC[C@H]1C[C@@H](OC(=O)C(CO)c1ccccc1)C2.Cl.[Cl-]. The molecule has 262 valence electrons. The second-order valence-electron chi connectivity index (χ2n) is 13.4. The Kier molecular flexibility index (Phi) is 23.4. The molecule has 0 saturated carbocycles. The molecule has 2 aromatic rings. The van der Waals surface area contributed by atoms with E-state index in [9.17, 15) is 9.90 Å². The standard InChI is InChI=1S/C22H40N.C17H23NO3.2ClH/c1-3-4-5-6-7-8-9-10-11-12-13-14-15-16-19-23-20-17-22(2)18-21-23;1-18-13-7-8-14(18)10-15(9-13)21-17(20)16(11-19)12-5-3-2-4-6-12;;/h17-18,20-21H,3-16,19H2,1-2H3;2-6,13-16,19H,7-11H2,1H3;2*1H/q+1;;;/p-1/t;13-,14+,15+,16?;;. The molecule has 2 saturated heterocycles. The summed E-state index contributed by atoms with van der Waals surface area (Å²) in [5, 5.41) is 9.53. The van der Waals surface area contributed by atoms with Crippen LogP contribution >= 0.6 is 12.4 Å². The number of esters is 1. The van der Waals surface area contributed by atoms with Crippen LogP contribution in [0.1, 0.15) is 140 Å². The van der Waals surface area contributed by atoms with Crippen LogP contribution in [0.5, 0.6) is 0 Å². The van der Waals surface area contributed by atoms with Crippen molar-refractivity contribution in [2.75, 3.05) is 13.7 Å². The van der Waals surface area contributed by atoms with Crippen molar-refractivity contribution in [2.45, 2.75) is 160 Å². The number of aliphatic hydroxyl groups is 1. The van der Waals surface area contributed by atoms with Gasteiger partial charge in [0.1, 0.15) is 18.6 Å². The predicted molar refractivity (Wildman–Crippen MR) is 189 cm³/mol. The van der Waals surface area contributed by atoms with Crippen LogP contribution in [0.15, 0.2) is 54.9 Å². The Morgan fingerprint density at radius 3 is 1.78 bits per heavy atom. The molecule has 2 bridgehead atoms. The van der Waals surface area contributed by atoms with E-state index in [0.717, 1.165) is 18.4 Å². The second kappa shape index (κ2) is 25.4. The molecular formula is C39H64Cl2N2O3. The lowest BCUT2D eigenvalue weighted by molar-refractivity contribution is -0.697. The number of ether oxygens (including phenoxy) is 1. The Labute approximate surface area is 293 Å². The quantitative estimate of drug-likeness (QED) is 0.111. The molecule has 0 spiro atoms. The molecule has 0 amide bonds. The first-order valence-corrected chi connectivity index (χ1v) is 18.1. The van der Waals surface area contributed by atoms with Crippen molar-refractivity contribution >= 4 is 18.4 Å². The lowest BCUT2D eigenvalue weighted by Gasteiger charge is -2.36. The highest BCUT2D eigenvalue weighted by Gasteiger charge is 2.40. The summed E-state index contributed by atoms with van der Waals surface area (Å²) in [5.74, 6) is -0.860. The number of nitrogens with zero attached hydrogens (tertiary/aromatic N) is 2. The third kappa shape index (κ3) is 16.0. The number of halogens is 2. The number of carbonyl (C=O) groups excluding carboxylic acids is 1. The Morgan fingerprint density at radius 2 is 1.30 bits per heavy atom. The molecule has 1 N–H and O–H groups in total. The van der Waals surface area contributed by atoms with Crippen molar-refractivity contribution < 1.29 is 31.6 Å². The van der Waals surface area contributed by atoms with Crippen molar-refractivity contribution in [3.8, 4) is 0 Å². The zero-order chi connectivity index (χ0) is 31.4. The van der Waals surface area contributed by atoms with E-state index in [4.69, 9.17) is 4.74 Å². The van der Waals surface area contributed by atoms with Crippen LogP contribution < -0.4 is 17.0 Å². The average Bonchev–Trinajstić information content (AvgIpc) is 3.22. The number of rotatable bonds is 19. The molecule has 0 aliphatic carbocycles. The molecular weight excluding hydrogens is 615 g/mol. The third-order valence-corrected chi connectivity index (χ3v) is 9.83. The van der Waals surface area contributed by atoms with Crippen LogP contribution in [0, 0.1) is 6.92 Å². The Hall–Kier alpha value is -1.66. The van der Waals surface area contributed by atoms with Gasteiger partial charge in [-0.25, -0.2) is 4.57 Å². The highest BCUT2D eigenvalue weighted by molar-refractivity contribution is 5.85. The largest absolute Gasteiger partial charge is 1.00 e. The van der Waals surface area contributed by atoms with E-state index in [0.29, 0.717) is 12.1 Å². The molecule has 1 aromatic carbocycles. The molecule has 3 heterocycles. The number of piperidine rings is 1. The van der Waals surface area contributed by atoms with E-state index < -0.39 is 5.92 Å². The number of unbranched alkanes of at least 4 members (excludes halogenated alkanes) is 13. The number of hydrogen-bond acceptors (Lipinski definition) is 4. The molecule has 0 radical (unpaired) electrons. The number of hydrogen-bond donors (Lipinski definition) is 1. The van der Waals surface area contributed by atoms with Gasteiger partial charge in [0.2, 0.25) is 0 Å². The Morgan fingerprint density at radius 1 is 0.826 bits per heavy atom. The van der Waals surface area contributed by atoms with Crippen molar-refractivity contribution in [2.24, 2.45) is 0 Å². The summed E-state index contributed by atoms with van der Waals surface area (Å²) in [6, 6.07) is 14.9. The van der Waals surface area contributed by atoms with Crippen LogP contribution in [-0.2, 0) is 16.1 Å². The smallest absolute Gasteiger partial charge is 0.316 e. The number of carbonyl (C=O) groups is 1. The van der Waals surface area contributed by atoms with Crippen LogP contribution in [0.25, 0.3) is 0 Å². The van der Waals surface area contributed by atoms with Gasteiger partial charge in [0, 0.05) is 30.6 Å². The fourth-order valence-corrected chi connectivity index (χ4v) is 6.88. The molecule has 7 heteroatoms. The fraction of sp³-hybridized carbons (Fsp3) is 0.692. The lowest BCUT2D eigenvalue weighted by atomic mass is 9.98. The van der Waals surface area contributed by atoms with E-state index in [1.807, 2.05) is 30.3 Å². The number of aromatic nitrogens is 1. The fourth-order valence-electron chi connectivity index (χ4n) is 6.88. The summed E-state index contributed by atoms with van der Waals surface area (Å²) in [6.45, 7) is 5.42. The number of pyridine rings is 1. The van der Waals surface area contributed by atoms with Crippen LogP contribution in [0.2, 0.25) is 0 Å². The summed E-state index contributed by atoms with van der Waals surface area (Å²) >= 11 is 0. The normalized spacial score (nSPS) is 19.3. The molecule has 4 atom stereocenters. The van der Waals surface area contributed by atoms with Gasteiger partial charge in [-0.05, 0) is 57.2 Å². The van der Waals surface area contributed by atoms with E-state index >= 15 is 0 Å². The number of benzene rings is 1. The van der Waals surface area contributed by atoms with E-state index in [1.54, 1.807) is 0 Å². The van der Waals surface area contributed by atoms with E-state index in [2.05, 4.69) is 54.9 Å². The van der Waals surface area contributed by atoms with E-state index in [1.165, 1.54) is 115 Å². The van der Waals surface area contributed by atoms with Crippen LogP contribution in [0.4, 0.5) is 0 Å². The monoisotopic (exact) mass is 678 g/mol. The molecule has 1 unspecified atom stereocenters. The maximum Gasteiger partial charge on any atom is 0.316 e. The molecule has 4 rings (SSSR count). The van der Waals surface area contributed by atoms with Gasteiger partial charge in [-0.3, -0.25) is 4.79 Å². The van der Waals surface area contributed by atoms with Gasteiger partial charge in [0.25, 0.3) is 0 Å². The zero-order valence-electron chi connectivity index (χ0n) is 29.1. The summed E-state index contributed by atoms with van der Waals surface area (Å²) in [7, 11) is 2.17. The highest BCUT2D eigenvalue weighted by atomic mass is 35.5. The minimum Gasteiger partial charge on any atom is -1.00 e. The van der Waals surface area contributed by atoms with Gasteiger partial charge < -0.3 is 27.2 Å². The van der Waals surface area contributed by atoms with Crippen molar-refractivity contribution in [3.63, 3.8) is 0 Å². The van der Waals surface area contributed by atoms with E-state index in [-0.39, 0.29) is 43.5 Å². The zero-order valence-corrected chi connectivity index (χ0v) is 30.7. The first-order valence-electron chi connectivity index (χ1n) is 18.1. The van der Waals surface area contributed by atoms with Gasteiger partial charge in [0.05, 0.1) is 6.61 Å². The third-order valence-electron chi connectivity index (χ3n) is 9.83. The molecule has 1 aromatic heterocycles. The van der Waals surface area contributed by atoms with Crippen molar-refractivity contribution in [1.82, 2.24) is 4.90 Å². The van der Waals surface area contributed by atoms with Crippen LogP contribution in [-0.4, -0.2) is 47.8 Å². The number of fused-ring (bicyclic) bond motifs is 2. The van der Waals surface area contributed by atoms with Gasteiger partial charge in [-0.2, -0.15) is 0 Å². The minimum absolute atomic E-state index is 0. The molecule has 2 fully saturated rings. The Bertz CT molecular complexity index is 1010. The van der Waals surface area contributed by atoms with Gasteiger partial charge in [-0.1, -0.05) is 114 Å². The van der Waals surface area contributed by atoms with Gasteiger partial charge >= 0.3 is 5.97 Å². The predicted octanol–water partition coefficient (Wildman–Crippen LogP) is 6.12. The Balaban J connectivity index is 0.000000442. The maximum absolute atomic E-state index is 12.4. The first kappa shape index (κ1) is 42.4. The lowest BCUT2D eigenvalue weighted by Crippen LogP contribution is -3.00. The molecule has 46 heavy (non-hydrogen) atoms. The molecule has 2 aliphatic heterocycles. The number of aryl methyl sites for hydroxylation is 2. The molecule has 5 nitrogen and oxygen atoms in total. The minimum atomic E-state index is -0.566. The maximum atomic E-state index is 12.4. The summed E-state index contributed by atoms with van der Waals surface area (Å²) in [4.78, 5) is 14.8. The summed E-state index contributed by atoms with van der Waals surface area (Å²) < 4.78 is 8.02. The first-order chi connectivity index (χ1) is 21.5. The summed E-state index contributed by atoms with van der Waals surface area (Å²) in [5.41, 5.74) is 2.17. The average molecular weight is 680 g/mol. The highest BCUT2D eigenvalue weighted by Crippen LogP contribution is 2.36. The van der Waals surface area contributed by atoms with Crippen LogP contribution in [0.3, 0.4) is 0 Å². The van der Waals surface area contributed by atoms with Gasteiger partial charge in [0.15, 0.2) is 12.4 Å². The molecule has 2 aliphatic rings.